The fourth-order valence-electron chi connectivity index (χ4n) is 3.12. The number of nitrogens with zero attached hydrogens (tertiary/aromatic N) is 1. The van der Waals surface area contributed by atoms with Gasteiger partial charge >= 0.3 is 0 Å². The number of ether oxygens (including phenoxy) is 3. The number of hydrogen-bond donors (Lipinski definition) is 2. The number of benzene rings is 2. The van der Waals surface area contributed by atoms with Crippen LogP contribution in [0.5, 0.6) is 17.2 Å². The molecule has 28 heavy (non-hydrogen) atoms. The molecular weight excluding hydrogens is 378 g/mol. The summed E-state index contributed by atoms with van der Waals surface area (Å²) in [6.45, 7) is 0.206. The van der Waals surface area contributed by atoms with E-state index in [0.29, 0.717) is 32.6 Å². The minimum absolute atomic E-state index is 0.206. The Labute approximate surface area is 163 Å². The van der Waals surface area contributed by atoms with Crippen LogP contribution in [-0.2, 0) is 0 Å². The van der Waals surface area contributed by atoms with E-state index >= 15 is 0 Å². The average molecular weight is 393 g/mol. The summed E-state index contributed by atoms with van der Waals surface area (Å²) >= 11 is 1.26. The zero-order valence-electron chi connectivity index (χ0n) is 14.8. The second-order valence-electron chi connectivity index (χ2n) is 6.27. The molecule has 1 aliphatic rings. The monoisotopic (exact) mass is 393 g/mol. The van der Waals surface area contributed by atoms with Crippen LogP contribution >= 0.6 is 11.3 Å². The first-order valence-corrected chi connectivity index (χ1v) is 9.32. The van der Waals surface area contributed by atoms with Crippen LogP contribution in [0, 0.1) is 0 Å². The lowest BCUT2D eigenvalue weighted by molar-refractivity contribution is 0.103. The van der Waals surface area contributed by atoms with Crippen LogP contribution in [-0.4, -0.2) is 24.8 Å². The van der Waals surface area contributed by atoms with Crippen LogP contribution in [0.15, 0.2) is 42.5 Å². The Morgan fingerprint density at radius 2 is 1.93 bits per heavy atom. The Balaban J connectivity index is 1.52. The van der Waals surface area contributed by atoms with Crippen molar-refractivity contribution in [1.82, 2.24) is 4.98 Å². The van der Waals surface area contributed by atoms with Crippen molar-refractivity contribution in [3.05, 3.63) is 47.3 Å². The summed E-state index contributed by atoms with van der Waals surface area (Å²) in [5.41, 5.74) is 8.11. The molecule has 0 saturated heterocycles. The lowest BCUT2D eigenvalue weighted by Crippen LogP contribution is -2.11. The summed E-state index contributed by atoms with van der Waals surface area (Å²) < 4.78 is 16.0. The number of nitrogens with two attached hydrogens (primary N) is 1. The highest BCUT2D eigenvalue weighted by Gasteiger charge is 2.20. The summed E-state index contributed by atoms with van der Waals surface area (Å²) in [5.74, 6) is 1.79. The van der Waals surface area contributed by atoms with Gasteiger partial charge in [-0.3, -0.25) is 4.79 Å². The van der Waals surface area contributed by atoms with Gasteiger partial charge < -0.3 is 25.3 Å². The number of anilines is 2. The molecule has 3 N–H and O–H groups in total. The summed E-state index contributed by atoms with van der Waals surface area (Å²) in [5, 5.41) is 4.48. The number of fused-ring (bicyclic) bond motifs is 3. The van der Waals surface area contributed by atoms with Crippen LogP contribution in [0.25, 0.3) is 21.1 Å². The third kappa shape index (κ3) is 2.66. The first-order chi connectivity index (χ1) is 13.6. The topological polar surface area (TPSA) is 95.7 Å². The van der Waals surface area contributed by atoms with Gasteiger partial charge in [0.25, 0.3) is 5.91 Å². The highest BCUT2D eigenvalue weighted by atomic mass is 32.1. The number of nitrogens with one attached hydrogen (secondary N) is 1. The predicted molar refractivity (Wildman–Crippen MR) is 109 cm³/mol. The zero-order valence-corrected chi connectivity index (χ0v) is 15.6. The third-order valence-electron chi connectivity index (χ3n) is 4.56. The lowest BCUT2D eigenvalue weighted by Gasteiger charge is -2.05. The Bertz CT molecular complexity index is 1230. The smallest absolute Gasteiger partial charge is 0.267 e. The lowest BCUT2D eigenvalue weighted by atomic mass is 10.1. The number of carbonyl (C=O) groups is 1. The number of methoxy groups -OCH3 is 1. The summed E-state index contributed by atoms with van der Waals surface area (Å²) in [6, 6.07) is 12.7. The number of nitrogen functional groups attached to an aromatic ring is 1. The van der Waals surface area contributed by atoms with E-state index < -0.39 is 0 Å². The molecule has 0 radical (unpaired) electrons. The Kier molecular flexibility index (Phi) is 3.73. The molecule has 0 unspecified atom stereocenters. The molecule has 4 aromatic rings. The van der Waals surface area contributed by atoms with E-state index in [4.69, 9.17) is 19.9 Å². The number of rotatable bonds is 3. The van der Waals surface area contributed by atoms with Crippen molar-refractivity contribution in [3.63, 3.8) is 0 Å². The number of carbonyl (C=O) groups excluding carboxylic acids is 1. The van der Waals surface area contributed by atoms with Gasteiger partial charge in [-0.05, 0) is 36.4 Å². The molecule has 2 aromatic heterocycles. The van der Waals surface area contributed by atoms with Crippen molar-refractivity contribution < 1.29 is 19.0 Å². The molecule has 0 atom stereocenters. The minimum atomic E-state index is -0.274. The summed E-state index contributed by atoms with van der Waals surface area (Å²) in [7, 11) is 1.59. The third-order valence-corrected chi connectivity index (χ3v) is 5.68. The fourth-order valence-corrected chi connectivity index (χ4v) is 4.10. The molecule has 0 fully saturated rings. The van der Waals surface area contributed by atoms with Gasteiger partial charge in [0.15, 0.2) is 11.5 Å². The van der Waals surface area contributed by atoms with Crippen molar-refractivity contribution in [2.24, 2.45) is 0 Å². The van der Waals surface area contributed by atoms with E-state index in [1.807, 2.05) is 18.2 Å². The normalized spacial score (nSPS) is 12.5. The SMILES string of the molecule is COc1ccc(NC(=O)c2sc3nc4cc5c(cc4cc3c2N)OCO5)cc1. The van der Waals surface area contributed by atoms with Crippen molar-refractivity contribution in [1.29, 1.82) is 0 Å². The highest BCUT2D eigenvalue weighted by Crippen LogP contribution is 2.39. The Hall–Kier alpha value is -3.52. The second kappa shape index (κ2) is 6.28. The molecule has 1 amide bonds. The maximum atomic E-state index is 12.7. The highest BCUT2D eigenvalue weighted by molar-refractivity contribution is 7.21. The first kappa shape index (κ1) is 16.6. The van der Waals surface area contributed by atoms with Crippen LogP contribution < -0.4 is 25.3 Å². The number of thiophene rings is 1. The van der Waals surface area contributed by atoms with Crippen LogP contribution in [0.3, 0.4) is 0 Å². The Morgan fingerprint density at radius 3 is 2.68 bits per heavy atom. The standard InChI is InChI=1S/C20H15N3O4S/c1-25-12-4-2-11(3-5-12)22-19(24)18-17(21)13-6-10-7-15-16(27-9-26-15)8-14(10)23-20(13)28-18/h2-8H,9,21H2,1H3,(H,22,24). The molecular formula is C20H15N3O4S. The van der Waals surface area contributed by atoms with Gasteiger partial charge in [0, 0.05) is 22.5 Å². The largest absolute Gasteiger partial charge is 0.497 e. The molecule has 0 aliphatic carbocycles. The first-order valence-electron chi connectivity index (χ1n) is 8.50. The molecule has 2 aromatic carbocycles. The quantitative estimate of drug-likeness (QED) is 0.546. The molecule has 0 spiro atoms. The maximum Gasteiger partial charge on any atom is 0.267 e. The van der Waals surface area contributed by atoms with E-state index in [-0.39, 0.29) is 12.7 Å². The van der Waals surface area contributed by atoms with Gasteiger partial charge in [0.2, 0.25) is 6.79 Å². The fraction of sp³-hybridized carbons (Fsp3) is 0.100. The van der Waals surface area contributed by atoms with Crippen LogP contribution in [0.4, 0.5) is 11.4 Å². The van der Waals surface area contributed by atoms with Crippen molar-refractivity contribution in [3.8, 4) is 17.2 Å². The molecule has 5 rings (SSSR count). The van der Waals surface area contributed by atoms with Crippen molar-refractivity contribution in [2.75, 3.05) is 25.0 Å². The van der Waals surface area contributed by atoms with Crippen molar-refractivity contribution >= 4 is 49.7 Å². The van der Waals surface area contributed by atoms with Gasteiger partial charge in [-0.15, -0.1) is 11.3 Å². The van der Waals surface area contributed by atoms with Gasteiger partial charge in [-0.1, -0.05) is 0 Å². The van der Waals surface area contributed by atoms with Gasteiger partial charge in [0.05, 0.1) is 18.3 Å². The van der Waals surface area contributed by atoms with E-state index in [1.165, 1.54) is 11.3 Å². The average Bonchev–Trinajstić information content (AvgIpc) is 3.29. The molecule has 1 aliphatic heterocycles. The van der Waals surface area contributed by atoms with Crippen molar-refractivity contribution in [2.45, 2.75) is 0 Å². The van der Waals surface area contributed by atoms with Gasteiger partial charge in [0.1, 0.15) is 15.5 Å². The van der Waals surface area contributed by atoms with Crippen LogP contribution in [0.2, 0.25) is 0 Å². The second-order valence-corrected chi connectivity index (χ2v) is 7.27. The van der Waals surface area contributed by atoms with Gasteiger partial charge in [-0.25, -0.2) is 4.98 Å². The molecule has 0 bridgehead atoms. The van der Waals surface area contributed by atoms with E-state index in [1.54, 1.807) is 31.4 Å². The predicted octanol–water partition coefficient (Wildman–Crippen LogP) is 4.02. The summed E-state index contributed by atoms with van der Waals surface area (Å²) in [6.07, 6.45) is 0. The molecule has 7 nitrogen and oxygen atoms in total. The number of pyridine rings is 1. The Morgan fingerprint density at radius 1 is 1.18 bits per heavy atom. The zero-order chi connectivity index (χ0) is 19.3. The number of amides is 1. The molecule has 0 saturated carbocycles. The number of aromatic nitrogens is 1. The summed E-state index contributed by atoms with van der Waals surface area (Å²) in [4.78, 5) is 18.5. The number of hydrogen-bond acceptors (Lipinski definition) is 7. The molecule has 3 heterocycles. The minimum Gasteiger partial charge on any atom is -0.497 e. The molecule has 140 valence electrons. The van der Waals surface area contributed by atoms with Crippen LogP contribution in [0.1, 0.15) is 9.67 Å². The molecule has 8 heteroatoms. The van der Waals surface area contributed by atoms with E-state index in [0.717, 1.165) is 22.0 Å². The van der Waals surface area contributed by atoms with E-state index in [9.17, 15) is 4.79 Å². The van der Waals surface area contributed by atoms with Gasteiger partial charge in [-0.2, -0.15) is 0 Å². The maximum absolute atomic E-state index is 12.7. The van der Waals surface area contributed by atoms with E-state index in [2.05, 4.69) is 10.3 Å².